The maximum absolute atomic E-state index is 12.9. The van der Waals surface area contributed by atoms with Gasteiger partial charge in [-0.25, -0.2) is 13.9 Å². The van der Waals surface area contributed by atoms with E-state index in [1.165, 1.54) is 21.7 Å². The number of carbonyl (C=O) groups excluding carboxylic acids is 1. The van der Waals surface area contributed by atoms with Crippen LogP contribution < -0.4 is 5.69 Å². The SMILES string of the molecule is CN(Cc1ccc(F)cc1)C(=O)Cn1nc2n(c1=O)CCCCC2. The quantitative estimate of drug-likeness (QED) is 0.854. The Labute approximate surface area is 139 Å². The van der Waals surface area contributed by atoms with Gasteiger partial charge in [0.2, 0.25) is 5.91 Å². The van der Waals surface area contributed by atoms with Crippen LogP contribution >= 0.6 is 0 Å². The van der Waals surface area contributed by atoms with Crippen molar-refractivity contribution < 1.29 is 9.18 Å². The minimum absolute atomic E-state index is 0.0729. The molecule has 0 N–H and O–H groups in total. The number of rotatable bonds is 4. The third-order valence-electron chi connectivity index (χ3n) is 4.33. The number of fused-ring (bicyclic) bond motifs is 1. The number of hydrogen-bond acceptors (Lipinski definition) is 3. The van der Waals surface area contributed by atoms with E-state index >= 15 is 0 Å². The van der Waals surface area contributed by atoms with Gasteiger partial charge in [-0.3, -0.25) is 9.36 Å². The first kappa shape index (κ1) is 16.4. The molecule has 1 amide bonds. The highest BCUT2D eigenvalue weighted by Gasteiger charge is 2.18. The van der Waals surface area contributed by atoms with Crippen molar-refractivity contribution in [2.24, 2.45) is 0 Å². The van der Waals surface area contributed by atoms with Gasteiger partial charge in [0.25, 0.3) is 0 Å². The van der Waals surface area contributed by atoms with Crippen molar-refractivity contribution in [2.75, 3.05) is 7.05 Å². The largest absolute Gasteiger partial charge is 0.346 e. The molecule has 1 aromatic carbocycles. The lowest BCUT2D eigenvalue weighted by Crippen LogP contribution is -2.34. The van der Waals surface area contributed by atoms with E-state index in [9.17, 15) is 14.0 Å². The van der Waals surface area contributed by atoms with Crippen LogP contribution in [0.1, 0.15) is 30.7 Å². The Morgan fingerprint density at radius 1 is 1.25 bits per heavy atom. The second kappa shape index (κ2) is 6.98. The van der Waals surface area contributed by atoms with Crippen LogP contribution in [0.15, 0.2) is 29.1 Å². The third-order valence-corrected chi connectivity index (χ3v) is 4.33. The van der Waals surface area contributed by atoms with Gasteiger partial charge in [-0.15, -0.1) is 0 Å². The second-order valence-corrected chi connectivity index (χ2v) is 6.20. The topological polar surface area (TPSA) is 60.1 Å². The summed E-state index contributed by atoms with van der Waals surface area (Å²) in [6, 6.07) is 6.02. The summed E-state index contributed by atoms with van der Waals surface area (Å²) in [7, 11) is 1.66. The number of likely N-dealkylation sites (N-methyl/N-ethyl adjacent to an activating group) is 1. The van der Waals surface area contributed by atoms with Crippen LogP contribution in [0.3, 0.4) is 0 Å². The Morgan fingerprint density at radius 2 is 2.00 bits per heavy atom. The van der Waals surface area contributed by atoms with Gasteiger partial charge < -0.3 is 4.90 Å². The molecule has 7 heteroatoms. The molecule has 0 aliphatic carbocycles. The van der Waals surface area contributed by atoms with Gasteiger partial charge in [0.1, 0.15) is 18.2 Å². The highest BCUT2D eigenvalue weighted by atomic mass is 19.1. The lowest BCUT2D eigenvalue weighted by atomic mass is 10.2. The van der Waals surface area contributed by atoms with Gasteiger partial charge in [0, 0.05) is 26.6 Å². The van der Waals surface area contributed by atoms with Crippen molar-refractivity contribution >= 4 is 5.91 Å². The van der Waals surface area contributed by atoms with Gasteiger partial charge in [-0.1, -0.05) is 18.6 Å². The number of carbonyl (C=O) groups is 1. The molecule has 1 aliphatic rings. The minimum atomic E-state index is -0.307. The van der Waals surface area contributed by atoms with Crippen LogP contribution in [0.4, 0.5) is 4.39 Å². The second-order valence-electron chi connectivity index (χ2n) is 6.20. The van der Waals surface area contributed by atoms with Crippen LogP contribution in [0.5, 0.6) is 0 Å². The smallest absolute Gasteiger partial charge is 0.340 e. The van der Waals surface area contributed by atoms with E-state index in [2.05, 4.69) is 5.10 Å². The molecule has 3 rings (SSSR count). The summed E-state index contributed by atoms with van der Waals surface area (Å²) in [5, 5.41) is 4.32. The summed E-state index contributed by atoms with van der Waals surface area (Å²) in [6.07, 6.45) is 3.87. The number of amides is 1. The molecule has 1 aromatic heterocycles. The average Bonchev–Trinajstić information content (AvgIpc) is 2.74. The van der Waals surface area contributed by atoms with Gasteiger partial charge in [0.15, 0.2) is 0 Å². The molecule has 24 heavy (non-hydrogen) atoms. The molecule has 0 atom stereocenters. The van der Waals surface area contributed by atoms with Gasteiger partial charge in [0.05, 0.1) is 0 Å². The van der Waals surface area contributed by atoms with Gasteiger partial charge in [-0.2, -0.15) is 5.10 Å². The fourth-order valence-electron chi connectivity index (χ4n) is 2.93. The number of halogens is 1. The molecular weight excluding hydrogens is 311 g/mol. The van der Waals surface area contributed by atoms with Crippen LogP contribution in [0.2, 0.25) is 0 Å². The molecule has 2 heterocycles. The van der Waals surface area contributed by atoms with Crippen molar-refractivity contribution in [3.05, 3.63) is 52.0 Å². The van der Waals surface area contributed by atoms with Crippen LogP contribution in [0.25, 0.3) is 0 Å². The van der Waals surface area contributed by atoms with Crippen molar-refractivity contribution in [1.29, 1.82) is 0 Å². The number of aryl methyl sites for hydroxylation is 1. The average molecular weight is 332 g/mol. The number of hydrogen-bond donors (Lipinski definition) is 0. The highest BCUT2D eigenvalue weighted by molar-refractivity contribution is 5.75. The molecule has 128 valence electrons. The number of nitrogens with zero attached hydrogens (tertiary/aromatic N) is 4. The summed E-state index contributed by atoms with van der Waals surface area (Å²) in [4.78, 5) is 26.2. The van der Waals surface area contributed by atoms with Crippen molar-refractivity contribution in [2.45, 2.75) is 45.3 Å². The molecule has 0 bridgehead atoms. The summed E-state index contributed by atoms with van der Waals surface area (Å²) in [5.74, 6) is 0.264. The Balaban J connectivity index is 1.68. The van der Waals surface area contributed by atoms with Crippen LogP contribution in [-0.2, 0) is 30.8 Å². The predicted octanol–water partition coefficient (Wildman–Crippen LogP) is 1.57. The Kier molecular flexibility index (Phi) is 4.78. The first-order chi connectivity index (χ1) is 11.5. The normalized spacial score (nSPS) is 14.1. The van der Waals surface area contributed by atoms with Crippen LogP contribution in [-0.4, -0.2) is 32.2 Å². The maximum atomic E-state index is 12.9. The molecule has 2 aromatic rings. The number of aromatic nitrogens is 3. The maximum Gasteiger partial charge on any atom is 0.346 e. The third kappa shape index (κ3) is 3.55. The van der Waals surface area contributed by atoms with E-state index in [1.54, 1.807) is 23.7 Å². The predicted molar refractivity (Wildman–Crippen MR) is 86.9 cm³/mol. The summed E-state index contributed by atoms with van der Waals surface area (Å²) < 4.78 is 15.9. The standard InChI is InChI=1S/C17H21FN4O2/c1-20(11-13-6-8-14(18)9-7-13)16(23)12-22-17(24)21-10-4-2-3-5-15(21)19-22/h6-9H,2-5,10-12H2,1H3. The monoisotopic (exact) mass is 332 g/mol. The minimum Gasteiger partial charge on any atom is -0.340 e. The van der Waals surface area contributed by atoms with Crippen molar-refractivity contribution in [1.82, 2.24) is 19.2 Å². The van der Waals surface area contributed by atoms with Crippen molar-refractivity contribution in [3.63, 3.8) is 0 Å². The van der Waals surface area contributed by atoms with E-state index < -0.39 is 0 Å². The van der Waals surface area contributed by atoms with E-state index in [4.69, 9.17) is 0 Å². The summed E-state index contributed by atoms with van der Waals surface area (Å²) >= 11 is 0. The van der Waals surface area contributed by atoms with Crippen LogP contribution in [0, 0.1) is 5.82 Å². The van der Waals surface area contributed by atoms with E-state index in [0.29, 0.717) is 13.1 Å². The summed E-state index contributed by atoms with van der Waals surface area (Å²) in [6.45, 7) is 0.964. The Morgan fingerprint density at radius 3 is 2.75 bits per heavy atom. The first-order valence-corrected chi connectivity index (χ1v) is 8.19. The molecule has 0 unspecified atom stereocenters. The lowest BCUT2D eigenvalue weighted by Gasteiger charge is -2.17. The number of benzene rings is 1. The molecule has 0 saturated carbocycles. The highest BCUT2D eigenvalue weighted by Crippen LogP contribution is 2.10. The van der Waals surface area contributed by atoms with Gasteiger partial charge in [-0.05, 0) is 30.5 Å². The van der Waals surface area contributed by atoms with E-state index in [0.717, 1.165) is 37.1 Å². The molecule has 0 spiro atoms. The van der Waals surface area contributed by atoms with Crippen molar-refractivity contribution in [3.8, 4) is 0 Å². The molecular formula is C17H21FN4O2. The van der Waals surface area contributed by atoms with Gasteiger partial charge >= 0.3 is 5.69 Å². The summed E-state index contributed by atoms with van der Waals surface area (Å²) in [5.41, 5.74) is 0.621. The lowest BCUT2D eigenvalue weighted by molar-refractivity contribution is -0.131. The molecule has 1 aliphatic heterocycles. The van der Waals surface area contributed by atoms with E-state index in [1.807, 2.05) is 0 Å². The zero-order chi connectivity index (χ0) is 17.1. The fourth-order valence-corrected chi connectivity index (χ4v) is 2.93. The zero-order valence-electron chi connectivity index (χ0n) is 13.7. The molecule has 6 nitrogen and oxygen atoms in total. The van der Waals surface area contributed by atoms with E-state index in [-0.39, 0.29) is 24.0 Å². The molecule has 0 radical (unpaired) electrons. The first-order valence-electron chi connectivity index (χ1n) is 8.19. The Hall–Kier alpha value is -2.44. The molecule has 0 fully saturated rings. The Bertz CT molecular complexity index is 779. The fraction of sp³-hybridized carbons (Fsp3) is 0.471. The zero-order valence-corrected chi connectivity index (χ0v) is 13.7. The molecule has 0 saturated heterocycles.